The van der Waals surface area contributed by atoms with Crippen LogP contribution in [0.4, 0.5) is 0 Å². The summed E-state index contributed by atoms with van der Waals surface area (Å²) in [5.41, 5.74) is -0.0507. The van der Waals surface area contributed by atoms with E-state index in [4.69, 9.17) is 0 Å². The largest absolute Gasteiger partial charge is 0.332 e. The summed E-state index contributed by atoms with van der Waals surface area (Å²) >= 11 is 0. The van der Waals surface area contributed by atoms with Crippen LogP contribution in [0.1, 0.15) is 49.5 Å². The molecule has 2 aliphatic rings. The maximum absolute atomic E-state index is 13.9. The summed E-state index contributed by atoms with van der Waals surface area (Å²) in [7, 11) is -0.448. The van der Waals surface area contributed by atoms with Gasteiger partial charge in [0.1, 0.15) is 11.3 Å². The fourth-order valence-corrected chi connectivity index (χ4v) is 7.79. The number of fused-ring (bicyclic) bond motifs is 3. The second-order valence-corrected chi connectivity index (χ2v) is 11.9. The molecule has 2 unspecified atom stereocenters. The summed E-state index contributed by atoms with van der Waals surface area (Å²) in [4.78, 5) is 41.5. The molecule has 5 rings (SSSR count). The normalized spacial score (nSPS) is 22.1. The molecule has 2 atom stereocenters. The lowest BCUT2D eigenvalue weighted by Gasteiger charge is -2.38. The highest BCUT2D eigenvalue weighted by atomic mass is 32.2. The summed E-state index contributed by atoms with van der Waals surface area (Å²) < 4.78 is 30.8. The van der Waals surface area contributed by atoms with Crippen LogP contribution in [0.5, 0.6) is 0 Å². The fraction of sp³-hybridized carbons (Fsp3) is 0.480. The van der Waals surface area contributed by atoms with E-state index in [1.54, 1.807) is 48.0 Å². The zero-order valence-electron chi connectivity index (χ0n) is 20.2. The van der Waals surface area contributed by atoms with Crippen molar-refractivity contribution in [3.8, 4) is 0 Å². The molecule has 1 aromatic carbocycles. The van der Waals surface area contributed by atoms with Crippen LogP contribution in [0.25, 0.3) is 11.0 Å². The number of rotatable bonds is 5. The molecule has 2 bridgehead atoms. The quantitative estimate of drug-likeness (QED) is 0.536. The number of carbonyl (C=O) groups excluding carboxylic acids is 1. The SMILES string of the molecule is CCCn1c(C(=O)N2C3CCC2CC(S(=O)(=O)c2ccccc2)C3)cc2c(=O)n(C)c(=O)n(C)c21. The molecule has 0 spiro atoms. The number of benzene rings is 1. The van der Waals surface area contributed by atoms with Crippen LogP contribution in [-0.2, 0) is 30.5 Å². The summed E-state index contributed by atoms with van der Waals surface area (Å²) in [6.07, 6.45) is 3.02. The summed E-state index contributed by atoms with van der Waals surface area (Å²) in [5.74, 6) is -0.202. The first-order valence-electron chi connectivity index (χ1n) is 12.1. The zero-order chi connectivity index (χ0) is 25.1. The first-order chi connectivity index (χ1) is 16.7. The highest BCUT2D eigenvalue weighted by Crippen LogP contribution is 2.41. The van der Waals surface area contributed by atoms with Gasteiger partial charge in [0, 0.05) is 32.7 Å². The Labute approximate surface area is 203 Å². The Kier molecular flexibility index (Phi) is 5.74. The molecular formula is C25H30N4O5S. The van der Waals surface area contributed by atoms with Crippen LogP contribution in [-0.4, -0.2) is 50.3 Å². The number of hydrogen-bond acceptors (Lipinski definition) is 5. The zero-order valence-corrected chi connectivity index (χ0v) is 21.0. The molecule has 35 heavy (non-hydrogen) atoms. The number of sulfone groups is 1. The van der Waals surface area contributed by atoms with Gasteiger partial charge < -0.3 is 9.47 Å². The van der Waals surface area contributed by atoms with E-state index in [9.17, 15) is 22.8 Å². The van der Waals surface area contributed by atoms with Crippen LogP contribution in [0.3, 0.4) is 0 Å². The highest BCUT2D eigenvalue weighted by molar-refractivity contribution is 7.92. The van der Waals surface area contributed by atoms with Crippen LogP contribution < -0.4 is 11.2 Å². The molecule has 10 heteroatoms. The Morgan fingerprint density at radius 2 is 1.63 bits per heavy atom. The molecular weight excluding hydrogens is 468 g/mol. The minimum Gasteiger partial charge on any atom is -0.331 e. The second-order valence-electron chi connectivity index (χ2n) is 9.67. The molecule has 9 nitrogen and oxygen atoms in total. The molecule has 0 aliphatic carbocycles. The third-order valence-electron chi connectivity index (χ3n) is 7.60. The van der Waals surface area contributed by atoms with Gasteiger partial charge in [-0.3, -0.25) is 18.7 Å². The number of aryl methyl sites for hydroxylation is 2. The van der Waals surface area contributed by atoms with Gasteiger partial charge in [0.05, 0.1) is 15.5 Å². The van der Waals surface area contributed by atoms with E-state index in [1.807, 2.05) is 11.8 Å². The summed E-state index contributed by atoms with van der Waals surface area (Å²) in [6, 6.07) is 9.75. The van der Waals surface area contributed by atoms with Crippen molar-refractivity contribution in [3.05, 3.63) is 62.9 Å². The molecule has 1 amide bonds. The number of amides is 1. The van der Waals surface area contributed by atoms with Crippen molar-refractivity contribution in [2.75, 3.05) is 0 Å². The smallest absolute Gasteiger partial charge is 0.331 e. The molecule has 2 aromatic heterocycles. The molecule has 0 saturated carbocycles. The number of nitrogens with zero attached hydrogens (tertiary/aromatic N) is 4. The van der Waals surface area contributed by atoms with Crippen molar-refractivity contribution in [1.82, 2.24) is 18.6 Å². The lowest BCUT2D eigenvalue weighted by Crippen LogP contribution is -2.50. The van der Waals surface area contributed by atoms with Gasteiger partial charge in [-0.1, -0.05) is 25.1 Å². The van der Waals surface area contributed by atoms with Gasteiger partial charge in [0.2, 0.25) is 0 Å². The maximum Gasteiger partial charge on any atom is 0.332 e. The van der Waals surface area contributed by atoms with E-state index in [-0.39, 0.29) is 18.0 Å². The first kappa shape index (κ1) is 23.6. The molecule has 4 heterocycles. The Hall–Kier alpha value is -3.14. The van der Waals surface area contributed by atoms with E-state index in [1.165, 1.54) is 11.6 Å². The number of hydrogen-bond donors (Lipinski definition) is 0. The van der Waals surface area contributed by atoms with Gasteiger partial charge in [-0.05, 0) is 50.3 Å². The van der Waals surface area contributed by atoms with Crippen LogP contribution in [0.15, 0.2) is 50.9 Å². The highest BCUT2D eigenvalue weighted by Gasteiger charge is 2.48. The van der Waals surface area contributed by atoms with E-state index in [2.05, 4.69) is 0 Å². The van der Waals surface area contributed by atoms with Crippen molar-refractivity contribution in [3.63, 3.8) is 0 Å². The maximum atomic E-state index is 13.9. The average molecular weight is 499 g/mol. The molecule has 0 radical (unpaired) electrons. The van der Waals surface area contributed by atoms with E-state index in [0.29, 0.717) is 41.0 Å². The predicted octanol–water partition coefficient (Wildman–Crippen LogP) is 2.06. The molecule has 2 aliphatic heterocycles. The van der Waals surface area contributed by atoms with Gasteiger partial charge in [-0.2, -0.15) is 0 Å². The molecule has 2 fully saturated rings. The van der Waals surface area contributed by atoms with E-state index >= 15 is 0 Å². The number of carbonyl (C=O) groups is 1. The third kappa shape index (κ3) is 3.57. The van der Waals surface area contributed by atoms with Crippen molar-refractivity contribution < 1.29 is 13.2 Å². The predicted molar refractivity (Wildman–Crippen MR) is 132 cm³/mol. The lowest BCUT2D eigenvalue weighted by molar-refractivity contribution is 0.0587. The summed E-state index contributed by atoms with van der Waals surface area (Å²) in [6.45, 7) is 2.46. The number of piperidine rings is 1. The van der Waals surface area contributed by atoms with E-state index < -0.39 is 26.3 Å². The fourth-order valence-electron chi connectivity index (χ4n) is 5.92. The van der Waals surface area contributed by atoms with Gasteiger partial charge in [0.15, 0.2) is 9.84 Å². The van der Waals surface area contributed by atoms with Crippen LogP contribution in [0.2, 0.25) is 0 Å². The summed E-state index contributed by atoms with van der Waals surface area (Å²) in [5, 5.41) is -0.193. The average Bonchev–Trinajstić information content (AvgIpc) is 3.36. The standard InChI is InChI=1S/C25H30N4O5S/c1-4-12-28-21(15-20-22(28)26(2)25(32)27(3)23(20)30)24(31)29-16-10-11-17(29)14-19(13-16)35(33,34)18-8-6-5-7-9-18/h5-9,15-17,19H,4,10-14H2,1-3H3. The van der Waals surface area contributed by atoms with Crippen LogP contribution in [0, 0.1) is 0 Å². The molecule has 0 N–H and O–H groups in total. The Morgan fingerprint density at radius 1 is 1.00 bits per heavy atom. The van der Waals surface area contributed by atoms with Crippen molar-refractivity contribution in [2.45, 2.75) is 67.8 Å². The van der Waals surface area contributed by atoms with Gasteiger partial charge in [0.25, 0.3) is 11.5 Å². The third-order valence-corrected chi connectivity index (χ3v) is 9.79. The van der Waals surface area contributed by atoms with E-state index in [0.717, 1.165) is 23.8 Å². The Morgan fingerprint density at radius 3 is 2.23 bits per heavy atom. The lowest BCUT2D eigenvalue weighted by atomic mass is 10.0. The monoisotopic (exact) mass is 498 g/mol. The Bertz CT molecular complexity index is 1520. The molecule has 186 valence electrons. The van der Waals surface area contributed by atoms with Gasteiger partial charge in [-0.25, -0.2) is 13.2 Å². The van der Waals surface area contributed by atoms with Crippen molar-refractivity contribution >= 4 is 26.8 Å². The van der Waals surface area contributed by atoms with Crippen molar-refractivity contribution in [2.24, 2.45) is 14.1 Å². The minimum atomic E-state index is -3.49. The topological polar surface area (TPSA) is 103 Å². The van der Waals surface area contributed by atoms with Crippen molar-refractivity contribution in [1.29, 1.82) is 0 Å². The number of aromatic nitrogens is 3. The van der Waals surface area contributed by atoms with Gasteiger partial charge in [-0.15, -0.1) is 0 Å². The van der Waals surface area contributed by atoms with Crippen LogP contribution >= 0.6 is 0 Å². The minimum absolute atomic E-state index is 0.176. The molecule has 2 saturated heterocycles. The Balaban J connectivity index is 1.53. The molecule has 3 aromatic rings. The van der Waals surface area contributed by atoms with Gasteiger partial charge >= 0.3 is 5.69 Å². The first-order valence-corrected chi connectivity index (χ1v) is 13.6. The second kappa shape index (κ2) is 8.51.